The lowest BCUT2D eigenvalue weighted by atomic mass is 9.96. The predicted molar refractivity (Wildman–Crippen MR) is 142 cm³/mol. The minimum atomic E-state index is 0.194. The lowest BCUT2D eigenvalue weighted by Gasteiger charge is -2.42. The monoisotopic (exact) mass is 474 g/mol. The molecule has 1 aliphatic carbocycles. The Morgan fingerprint density at radius 2 is 1.34 bits per heavy atom. The molecule has 2 atom stereocenters. The van der Waals surface area contributed by atoms with Crippen LogP contribution in [0.25, 0.3) is 0 Å². The van der Waals surface area contributed by atoms with Crippen LogP contribution in [0.4, 0.5) is 0 Å². The molecule has 2 unspecified atom stereocenters. The molecule has 0 radical (unpaired) electrons. The van der Waals surface area contributed by atoms with Crippen LogP contribution in [0.15, 0.2) is 60.7 Å². The van der Waals surface area contributed by atoms with Gasteiger partial charge in [-0.25, -0.2) is 0 Å². The Bertz CT molecular complexity index is 917. The van der Waals surface area contributed by atoms with E-state index in [2.05, 4.69) is 101 Å². The van der Waals surface area contributed by atoms with E-state index < -0.39 is 0 Å². The summed E-state index contributed by atoms with van der Waals surface area (Å²) in [4.78, 5) is 23.0. The van der Waals surface area contributed by atoms with E-state index in [4.69, 9.17) is 0 Å². The van der Waals surface area contributed by atoms with Gasteiger partial charge in [0, 0.05) is 70.4 Å². The second-order valence-corrected chi connectivity index (χ2v) is 11.6. The van der Waals surface area contributed by atoms with Crippen molar-refractivity contribution in [3.05, 3.63) is 71.8 Å². The average molecular weight is 475 g/mol. The SMILES string of the molecule is CC(C)(C)N1CCN(C(=O)C2CC2CN2CCN(C(c3ccccc3)c3ccccc3)CC2)CC1. The van der Waals surface area contributed by atoms with Crippen LogP contribution >= 0.6 is 0 Å². The highest BCUT2D eigenvalue weighted by molar-refractivity contribution is 5.81. The van der Waals surface area contributed by atoms with Crippen LogP contribution in [0.5, 0.6) is 0 Å². The number of hydrogen-bond donors (Lipinski definition) is 0. The summed E-state index contributed by atoms with van der Waals surface area (Å²) in [6, 6.07) is 22.1. The van der Waals surface area contributed by atoms with Crippen LogP contribution in [0, 0.1) is 11.8 Å². The zero-order valence-corrected chi connectivity index (χ0v) is 21.8. The predicted octanol–water partition coefficient (Wildman–Crippen LogP) is 3.97. The first-order valence-electron chi connectivity index (χ1n) is 13.5. The molecule has 5 rings (SSSR count). The highest BCUT2D eigenvalue weighted by Crippen LogP contribution is 2.41. The van der Waals surface area contributed by atoms with Gasteiger partial charge in [-0.3, -0.25) is 14.6 Å². The quantitative estimate of drug-likeness (QED) is 0.634. The molecule has 1 saturated carbocycles. The van der Waals surface area contributed by atoms with Gasteiger partial charge in [0.1, 0.15) is 0 Å². The molecule has 3 fully saturated rings. The topological polar surface area (TPSA) is 30.0 Å². The number of hydrogen-bond acceptors (Lipinski definition) is 4. The third kappa shape index (κ3) is 5.79. The minimum absolute atomic E-state index is 0.194. The van der Waals surface area contributed by atoms with Crippen molar-refractivity contribution in [1.29, 1.82) is 0 Å². The molecule has 35 heavy (non-hydrogen) atoms. The molecule has 2 saturated heterocycles. The van der Waals surface area contributed by atoms with Gasteiger partial charge in [0.05, 0.1) is 6.04 Å². The lowest BCUT2D eigenvalue weighted by Crippen LogP contribution is -2.55. The van der Waals surface area contributed by atoms with Crippen LogP contribution in [-0.2, 0) is 4.79 Å². The zero-order valence-electron chi connectivity index (χ0n) is 21.8. The molecule has 2 aliphatic heterocycles. The maximum absolute atomic E-state index is 13.1. The molecule has 188 valence electrons. The van der Waals surface area contributed by atoms with Crippen molar-refractivity contribution in [1.82, 2.24) is 19.6 Å². The zero-order chi connectivity index (χ0) is 24.4. The molecular weight excluding hydrogens is 432 g/mol. The summed E-state index contributed by atoms with van der Waals surface area (Å²) in [7, 11) is 0. The van der Waals surface area contributed by atoms with Crippen LogP contribution in [0.2, 0.25) is 0 Å². The Labute approximate surface area is 211 Å². The fourth-order valence-corrected chi connectivity index (χ4v) is 6.00. The van der Waals surface area contributed by atoms with E-state index in [1.807, 2.05) is 0 Å². The maximum Gasteiger partial charge on any atom is 0.226 e. The minimum Gasteiger partial charge on any atom is -0.340 e. The van der Waals surface area contributed by atoms with Gasteiger partial charge in [0.15, 0.2) is 0 Å². The van der Waals surface area contributed by atoms with Crippen molar-refractivity contribution in [2.45, 2.75) is 38.8 Å². The smallest absolute Gasteiger partial charge is 0.226 e. The molecule has 3 aliphatic rings. The standard InChI is InChI=1S/C30H42N4O/c1-30(2,3)34-20-18-33(19-21-34)29(35)27-22-26(27)23-31-14-16-32(17-15-31)28(24-10-6-4-7-11-24)25-12-8-5-9-13-25/h4-13,26-28H,14-23H2,1-3H3. The molecule has 2 aromatic carbocycles. The Kier molecular flexibility index (Phi) is 7.29. The van der Waals surface area contributed by atoms with Gasteiger partial charge in [-0.15, -0.1) is 0 Å². The lowest BCUT2D eigenvalue weighted by molar-refractivity contribution is -0.135. The molecule has 0 N–H and O–H groups in total. The Morgan fingerprint density at radius 1 is 0.800 bits per heavy atom. The van der Waals surface area contributed by atoms with Crippen LogP contribution in [0.3, 0.4) is 0 Å². The summed E-state index contributed by atoms with van der Waals surface area (Å²) in [5.74, 6) is 1.22. The van der Waals surface area contributed by atoms with E-state index in [-0.39, 0.29) is 11.5 Å². The second-order valence-electron chi connectivity index (χ2n) is 11.6. The Balaban J connectivity index is 1.12. The van der Waals surface area contributed by atoms with Crippen molar-refractivity contribution in [2.24, 2.45) is 11.8 Å². The van der Waals surface area contributed by atoms with Gasteiger partial charge in [-0.2, -0.15) is 0 Å². The number of nitrogens with zero attached hydrogens (tertiary/aromatic N) is 4. The number of carbonyl (C=O) groups is 1. The van der Waals surface area contributed by atoms with Gasteiger partial charge in [-0.1, -0.05) is 60.7 Å². The Morgan fingerprint density at radius 3 is 1.86 bits per heavy atom. The van der Waals surface area contributed by atoms with Crippen molar-refractivity contribution in [2.75, 3.05) is 58.9 Å². The van der Waals surface area contributed by atoms with Crippen LogP contribution < -0.4 is 0 Å². The van der Waals surface area contributed by atoms with E-state index in [1.54, 1.807) is 0 Å². The van der Waals surface area contributed by atoms with Gasteiger partial charge >= 0.3 is 0 Å². The first-order valence-corrected chi connectivity index (χ1v) is 13.5. The molecule has 2 aromatic rings. The number of carbonyl (C=O) groups excluding carboxylic acids is 1. The molecule has 2 heterocycles. The van der Waals surface area contributed by atoms with E-state index in [0.717, 1.165) is 65.3 Å². The number of benzene rings is 2. The number of rotatable bonds is 6. The fourth-order valence-electron chi connectivity index (χ4n) is 6.00. The summed E-state index contributed by atoms with van der Waals surface area (Å²) in [6.07, 6.45) is 1.08. The average Bonchev–Trinajstić information content (AvgIpc) is 3.65. The first-order chi connectivity index (χ1) is 16.9. The molecule has 1 amide bonds. The molecule has 0 spiro atoms. The first kappa shape index (κ1) is 24.5. The molecular formula is C30H42N4O. The van der Waals surface area contributed by atoms with Crippen molar-refractivity contribution >= 4 is 5.91 Å². The largest absolute Gasteiger partial charge is 0.340 e. The highest BCUT2D eigenvalue weighted by Gasteiger charge is 2.46. The van der Waals surface area contributed by atoms with Gasteiger partial charge in [-0.05, 0) is 44.2 Å². The van der Waals surface area contributed by atoms with Crippen LogP contribution in [-0.4, -0.2) is 89.9 Å². The molecule has 5 heteroatoms. The van der Waals surface area contributed by atoms with Crippen LogP contribution in [0.1, 0.15) is 44.4 Å². The summed E-state index contributed by atoms with van der Waals surface area (Å²) < 4.78 is 0. The fraction of sp³-hybridized carbons (Fsp3) is 0.567. The highest BCUT2D eigenvalue weighted by atomic mass is 16.2. The summed E-state index contributed by atoms with van der Waals surface area (Å²) in [5.41, 5.74) is 2.93. The second kappa shape index (κ2) is 10.4. The maximum atomic E-state index is 13.1. The van der Waals surface area contributed by atoms with E-state index >= 15 is 0 Å². The molecule has 5 nitrogen and oxygen atoms in total. The summed E-state index contributed by atoms with van der Waals surface area (Å²) >= 11 is 0. The third-order valence-electron chi connectivity index (χ3n) is 8.28. The molecule has 0 aromatic heterocycles. The van der Waals surface area contributed by atoms with Gasteiger partial charge < -0.3 is 9.80 Å². The number of piperazine rings is 2. The third-order valence-corrected chi connectivity index (χ3v) is 8.28. The van der Waals surface area contributed by atoms with Crippen molar-refractivity contribution in [3.63, 3.8) is 0 Å². The molecule has 0 bridgehead atoms. The van der Waals surface area contributed by atoms with E-state index in [0.29, 0.717) is 17.9 Å². The Hall–Kier alpha value is -2.21. The summed E-state index contributed by atoms with van der Waals surface area (Å²) in [5, 5.41) is 0. The van der Waals surface area contributed by atoms with Crippen molar-refractivity contribution in [3.8, 4) is 0 Å². The van der Waals surface area contributed by atoms with E-state index in [1.165, 1.54) is 11.1 Å². The van der Waals surface area contributed by atoms with E-state index in [9.17, 15) is 4.79 Å². The normalized spacial score (nSPS) is 24.6. The van der Waals surface area contributed by atoms with Gasteiger partial charge in [0.25, 0.3) is 0 Å². The summed E-state index contributed by atoms with van der Waals surface area (Å²) in [6.45, 7) is 15.9. The van der Waals surface area contributed by atoms with Crippen molar-refractivity contribution < 1.29 is 4.79 Å². The number of amides is 1. The van der Waals surface area contributed by atoms with Gasteiger partial charge in [0.2, 0.25) is 5.91 Å².